The van der Waals surface area contributed by atoms with Crippen LogP contribution in [0, 0.1) is 0 Å². The fourth-order valence-electron chi connectivity index (χ4n) is 1.65. The molecule has 4 nitrogen and oxygen atoms in total. The van der Waals surface area contributed by atoms with E-state index in [4.69, 9.17) is 0 Å². The van der Waals surface area contributed by atoms with Gasteiger partial charge in [-0.3, -0.25) is 0 Å². The molecule has 0 spiro atoms. The summed E-state index contributed by atoms with van der Waals surface area (Å²) in [5.74, 6) is 0.766. The predicted molar refractivity (Wildman–Crippen MR) is 64.6 cm³/mol. The molecule has 0 saturated heterocycles. The summed E-state index contributed by atoms with van der Waals surface area (Å²) < 4.78 is 1.74. The van der Waals surface area contributed by atoms with Gasteiger partial charge in [0.25, 0.3) is 0 Å². The van der Waals surface area contributed by atoms with Crippen molar-refractivity contribution in [3.05, 3.63) is 61.3 Å². The summed E-state index contributed by atoms with van der Waals surface area (Å²) in [5, 5.41) is 4.29. The highest BCUT2D eigenvalue weighted by molar-refractivity contribution is 5.61. The largest absolute Gasteiger partial charge is 0.245 e. The Morgan fingerprint density at radius 1 is 0.941 bits per heavy atom. The van der Waals surface area contributed by atoms with Gasteiger partial charge in [0.05, 0.1) is 6.20 Å². The molecular weight excluding hydrogens is 212 g/mol. The van der Waals surface area contributed by atoms with Crippen molar-refractivity contribution in [3.8, 4) is 16.9 Å². The average Bonchev–Trinajstić information content (AvgIpc) is 2.90. The van der Waals surface area contributed by atoms with Gasteiger partial charge in [0.2, 0.25) is 0 Å². The molecule has 0 aliphatic carbocycles. The van der Waals surface area contributed by atoms with Crippen molar-refractivity contribution in [2.75, 3.05) is 0 Å². The third kappa shape index (κ3) is 1.92. The van der Waals surface area contributed by atoms with E-state index in [9.17, 15) is 0 Å². The fraction of sp³-hybridized carbons (Fsp3) is 0. The van der Waals surface area contributed by atoms with E-state index in [1.807, 2.05) is 36.7 Å². The first-order chi connectivity index (χ1) is 8.43. The van der Waals surface area contributed by atoms with E-state index >= 15 is 0 Å². The van der Waals surface area contributed by atoms with Gasteiger partial charge in [0.15, 0.2) is 5.82 Å². The smallest absolute Gasteiger partial charge is 0.156 e. The first-order valence-corrected chi connectivity index (χ1v) is 5.30. The number of benzene rings is 1. The van der Waals surface area contributed by atoms with Crippen LogP contribution in [0.3, 0.4) is 0 Å². The predicted octanol–water partition coefficient (Wildman–Crippen LogP) is 2.33. The number of hydrogen-bond acceptors (Lipinski definition) is 3. The van der Waals surface area contributed by atoms with Crippen LogP contribution in [0.15, 0.2) is 61.3 Å². The lowest BCUT2D eigenvalue weighted by atomic mass is 10.1. The summed E-state index contributed by atoms with van der Waals surface area (Å²) in [6, 6.07) is 12.0. The maximum Gasteiger partial charge on any atom is 0.156 e. The summed E-state index contributed by atoms with van der Waals surface area (Å²) >= 11 is 0. The summed E-state index contributed by atoms with van der Waals surface area (Å²) in [6.07, 6.45) is 7.00. The third-order valence-corrected chi connectivity index (χ3v) is 2.49. The Hall–Kier alpha value is -2.49. The molecule has 82 valence electrons. The molecule has 1 aromatic carbocycles. The minimum Gasteiger partial charge on any atom is -0.245 e. The van der Waals surface area contributed by atoms with Crippen molar-refractivity contribution in [1.29, 1.82) is 0 Å². The summed E-state index contributed by atoms with van der Waals surface area (Å²) in [5.41, 5.74) is 2.22. The molecule has 0 aliphatic heterocycles. The van der Waals surface area contributed by atoms with E-state index in [2.05, 4.69) is 27.2 Å². The second-order valence-corrected chi connectivity index (χ2v) is 3.61. The third-order valence-electron chi connectivity index (χ3n) is 2.49. The number of hydrogen-bond donors (Lipinski definition) is 0. The highest BCUT2D eigenvalue weighted by Crippen LogP contribution is 2.18. The van der Waals surface area contributed by atoms with Gasteiger partial charge < -0.3 is 0 Å². The lowest BCUT2D eigenvalue weighted by Gasteiger charge is -1.97. The van der Waals surface area contributed by atoms with Gasteiger partial charge in [-0.15, -0.1) is 0 Å². The van der Waals surface area contributed by atoms with Gasteiger partial charge in [0, 0.05) is 24.0 Å². The summed E-state index contributed by atoms with van der Waals surface area (Å²) in [6.45, 7) is 0. The highest BCUT2D eigenvalue weighted by atomic mass is 15.3. The first kappa shape index (κ1) is 9.72. The van der Waals surface area contributed by atoms with Crippen LogP contribution >= 0.6 is 0 Å². The van der Waals surface area contributed by atoms with Crippen LogP contribution < -0.4 is 0 Å². The Morgan fingerprint density at radius 2 is 1.82 bits per heavy atom. The molecule has 0 aliphatic rings. The van der Waals surface area contributed by atoms with E-state index in [1.165, 1.54) is 6.33 Å². The number of nitrogens with zero attached hydrogens (tertiary/aromatic N) is 4. The van der Waals surface area contributed by atoms with E-state index in [0.29, 0.717) is 0 Å². The Bertz CT molecular complexity index is 548. The molecule has 2 aromatic heterocycles. The van der Waals surface area contributed by atoms with E-state index < -0.39 is 0 Å². The molecule has 0 atom stereocenters. The van der Waals surface area contributed by atoms with Crippen LogP contribution in [0.2, 0.25) is 0 Å². The maximum atomic E-state index is 4.29. The van der Waals surface area contributed by atoms with E-state index in [0.717, 1.165) is 16.9 Å². The van der Waals surface area contributed by atoms with Gasteiger partial charge in [-0.1, -0.05) is 30.3 Å². The molecule has 0 amide bonds. The minimum atomic E-state index is 0.766. The topological polar surface area (TPSA) is 43.6 Å². The summed E-state index contributed by atoms with van der Waals surface area (Å²) in [7, 11) is 0. The minimum absolute atomic E-state index is 0.766. The molecule has 0 unspecified atom stereocenters. The van der Waals surface area contributed by atoms with Gasteiger partial charge in [-0.2, -0.15) is 5.10 Å². The lowest BCUT2D eigenvalue weighted by Crippen LogP contribution is -1.96. The van der Waals surface area contributed by atoms with E-state index in [-0.39, 0.29) is 0 Å². The van der Waals surface area contributed by atoms with Crippen LogP contribution in [0.1, 0.15) is 0 Å². The van der Waals surface area contributed by atoms with Crippen molar-refractivity contribution in [2.45, 2.75) is 0 Å². The van der Waals surface area contributed by atoms with Crippen LogP contribution in [0.25, 0.3) is 16.9 Å². The van der Waals surface area contributed by atoms with Crippen LogP contribution in [-0.2, 0) is 0 Å². The van der Waals surface area contributed by atoms with Gasteiger partial charge in [-0.05, 0) is 5.56 Å². The van der Waals surface area contributed by atoms with Crippen molar-refractivity contribution >= 4 is 0 Å². The van der Waals surface area contributed by atoms with Gasteiger partial charge >= 0.3 is 0 Å². The van der Waals surface area contributed by atoms with Crippen LogP contribution in [0.5, 0.6) is 0 Å². The maximum absolute atomic E-state index is 4.29. The normalized spacial score (nSPS) is 10.4. The summed E-state index contributed by atoms with van der Waals surface area (Å²) in [4.78, 5) is 8.03. The Morgan fingerprint density at radius 3 is 2.59 bits per heavy atom. The van der Waals surface area contributed by atoms with Crippen LogP contribution in [-0.4, -0.2) is 19.7 Å². The second kappa shape index (κ2) is 4.17. The van der Waals surface area contributed by atoms with E-state index in [1.54, 1.807) is 10.9 Å². The number of rotatable bonds is 2. The molecule has 4 heteroatoms. The van der Waals surface area contributed by atoms with Crippen LogP contribution in [0.4, 0.5) is 0 Å². The van der Waals surface area contributed by atoms with Crippen molar-refractivity contribution in [3.63, 3.8) is 0 Å². The molecule has 0 saturated carbocycles. The van der Waals surface area contributed by atoms with Gasteiger partial charge in [-0.25, -0.2) is 14.6 Å². The lowest BCUT2D eigenvalue weighted by molar-refractivity contribution is 0.839. The molecule has 2 heterocycles. The molecule has 0 radical (unpaired) electrons. The highest BCUT2D eigenvalue weighted by Gasteiger charge is 2.02. The zero-order valence-corrected chi connectivity index (χ0v) is 9.06. The van der Waals surface area contributed by atoms with Gasteiger partial charge in [0.1, 0.15) is 6.33 Å². The monoisotopic (exact) mass is 222 g/mol. The zero-order chi connectivity index (χ0) is 11.5. The molecule has 0 fully saturated rings. The molecule has 3 aromatic rings. The number of aromatic nitrogens is 4. The second-order valence-electron chi connectivity index (χ2n) is 3.61. The Labute approximate surface area is 98.6 Å². The van der Waals surface area contributed by atoms with Crippen molar-refractivity contribution in [2.24, 2.45) is 0 Å². The molecule has 0 N–H and O–H groups in total. The fourth-order valence-corrected chi connectivity index (χ4v) is 1.65. The van der Waals surface area contributed by atoms with Crippen molar-refractivity contribution < 1.29 is 0 Å². The Kier molecular flexibility index (Phi) is 2.38. The standard InChI is InChI=1S/C13H10N4/c1-2-4-11(5-3-1)12-8-16-17(9-12)13-6-7-14-10-15-13/h1-10H. The molecule has 0 bridgehead atoms. The van der Waals surface area contributed by atoms with Crippen molar-refractivity contribution in [1.82, 2.24) is 19.7 Å². The molecule has 17 heavy (non-hydrogen) atoms. The first-order valence-electron chi connectivity index (χ1n) is 5.30. The SMILES string of the molecule is c1ccc(-c2cnn(-c3ccncn3)c2)cc1. The Balaban J connectivity index is 1.99. The molecule has 3 rings (SSSR count). The zero-order valence-electron chi connectivity index (χ0n) is 9.06. The average molecular weight is 222 g/mol. The quantitative estimate of drug-likeness (QED) is 0.668. The molecular formula is C13H10N4.